The summed E-state index contributed by atoms with van der Waals surface area (Å²) >= 11 is 0. The summed E-state index contributed by atoms with van der Waals surface area (Å²) < 4.78 is 92.0. The van der Waals surface area contributed by atoms with Crippen molar-refractivity contribution < 1.29 is 61.6 Å². The molecule has 8 aromatic carbocycles. The molecule has 14 atom stereocenters. The van der Waals surface area contributed by atoms with E-state index in [1.807, 2.05) is 257 Å². The standard InChI is InChI=1S/C73H78O13/c1-52-63(75-44-55-29-13-4-14-30-55)66(69(79-48-59-37-21-8-22-38-59)71(82-52)81-50-61-41-25-10-26-42-61)85-72-70(80-49-60-39-23-9-24-40-60)67(64(53(2)83-72)76-45-56-31-15-5-16-32-56)86-73-68(78-47-58-35-19-7-20-36-58)65(77-46-57-33-17-6-18-34-57)62(84-73)51-74-43-54-27-11-3-12-28-54/h3-42,52-53,62-73H,43-51H2,1-2H3/t52-,53-,62+,63-,64-,65+,66+,67+,68+,69+,70+,71+,72-,73-/m0/s1. The second kappa shape index (κ2) is 31.8. The lowest BCUT2D eigenvalue weighted by molar-refractivity contribution is -0.380. The van der Waals surface area contributed by atoms with Crippen LogP contribution in [0.4, 0.5) is 0 Å². The summed E-state index contributed by atoms with van der Waals surface area (Å²) in [6.45, 7) is 6.21. The zero-order valence-corrected chi connectivity index (χ0v) is 48.8. The van der Waals surface area contributed by atoms with Crippen molar-refractivity contribution >= 4 is 0 Å². The van der Waals surface area contributed by atoms with E-state index in [1.54, 1.807) is 0 Å². The number of ether oxygens (including phenoxy) is 13. The summed E-state index contributed by atoms with van der Waals surface area (Å²) in [7, 11) is 0. The van der Waals surface area contributed by atoms with Crippen LogP contribution < -0.4 is 0 Å². The van der Waals surface area contributed by atoms with Crippen LogP contribution in [0.1, 0.15) is 58.4 Å². The van der Waals surface area contributed by atoms with Crippen LogP contribution in [0.15, 0.2) is 243 Å². The molecule has 0 aliphatic carbocycles. The number of hydrogen-bond donors (Lipinski definition) is 0. The average Bonchev–Trinajstić information content (AvgIpc) is 2.28. The Hall–Kier alpha value is -6.76. The lowest BCUT2D eigenvalue weighted by atomic mass is 9.96. The van der Waals surface area contributed by atoms with Gasteiger partial charge in [0, 0.05) is 0 Å². The first-order valence-corrected chi connectivity index (χ1v) is 29.9. The quantitative estimate of drug-likeness (QED) is 0.0443. The monoisotopic (exact) mass is 1160 g/mol. The molecule has 86 heavy (non-hydrogen) atoms. The van der Waals surface area contributed by atoms with E-state index < -0.39 is 86.0 Å². The Labute approximate surface area is 505 Å². The molecule has 0 spiro atoms. The van der Waals surface area contributed by atoms with Crippen LogP contribution in [0.5, 0.6) is 0 Å². The highest BCUT2D eigenvalue weighted by Crippen LogP contribution is 2.39. The summed E-state index contributed by atoms with van der Waals surface area (Å²) in [6.07, 6.45) is -11.5. The smallest absolute Gasteiger partial charge is 0.187 e. The molecule has 0 saturated carbocycles. The predicted octanol–water partition coefficient (Wildman–Crippen LogP) is 12.9. The van der Waals surface area contributed by atoms with Crippen LogP contribution in [0.2, 0.25) is 0 Å². The molecule has 3 aliphatic heterocycles. The topological polar surface area (TPSA) is 120 Å². The molecule has 0 bridgehead atoms. The van der Waals surface area contributed by atoms with Crippen molar-refractivity contribution in [1.82, 2.24) is 0 Å². The zero-order chi connectivity index (χ0) is 58.5. The van der Waals surface area contributed by atoms with Gasteiger partial charge in [0.15, 0.2) is 18.9 Å². The summed E-state index contributed by atoms with van der Waals surface area (Å²) in [6, 6.07) is 80.4. The molecule has 11 rings (SSSR count). The minimum absolute atomic E-state index is 0.168. The Balaban J connectivity index is 0.979. The molecule has 8 aromatic rings. The molecule has 3 fully saturated rings. The van der Waals surface area contributed by atoms with Crippen molar-refractivity contribution in [3.63, 3.8) is 0 Å². The molecular weight excluding hydrogens is 1080 g/mol. The maximum atomic E-state index is 7.61. The summed E-state index contributed by atoms with van der Waals surface area (Å²) in [5.41, 5.74) is 7.82. The Morgan fingerprint density at radius 2 is 0.488 bits per heavy atom. The van der Waals surface area contributed by atoms with Gasteiger partial charge in [-0.2, -0.15) is 0 Å². The van der Waals surface area contributed by atoms with Crippen LogP contribution in [-0.4, -0.2) is 92.6 Å². The van der Waals surface area contributed by atoms with Gasteiger partial charge in [-0.3, -0.25) is 0 Å². The molecule has 0 amide bonds. The van der Waals surface area contributed by atoms with Crippen LogP contribution in [0, 0.1) is 0 Å². The van der Waals surface area contributed by atoms with Crippen molar-refractivity contribution in [2.24, 2.45) is 0 Å². The maximum absolute atomic E-state index is 7.61. The fraction of sp³-hybridized carbons (Fsp3) is 0.342. The van der Waals surface area contributed by atoms with Gasteiger partial charge in [0.2, 0.25) is 0 Å². The zero-order valence-electron chi connectivity index (χ0n) is 48.8. The van der Waals surface area contributed by atoms with E-state index >= 15 is 0 Å². The maximum Gasteiger partial charge on any atom is 0.187 e. The van der Waals surface area contributed by atoms with Crippen molar-refractivity contribution in [2.45, 2.75) is 153 Å². The number of benzene rings is 8. The molecule has 3 heterocycles. The van der Waals surface area contributed by atoms with Gasteiger partial charge in [-0.25, -0.2) is 0 Å². The van der Waals surface area contributed by atoms with Gasteiger partial charge in [-0.1, -0.05) is 243 Å². The van der Waals surface area contributed by atoms with Crippen LogP contribution in [0.3, 0.4) is 0 Å². The molecule has 0 radical (unpaired) electrons. The third kappa shape index (κ3) is 17.1. The second-order valence-electron chi connectivity index (χ2n) is 22.0. The number of hydrogen-bond acceptors (Lipinski definition) is 13. The molecule has 0 aromatic heterocycles. The van der Waals surface area contributed by atoms with Gasteiger partial charge in [0.25, 0.3) is 0 Å². The van der Waals surface area contributed by atoms with Gasteiger partial charge in [0.1, 0.15) is 54.9 Å². The minimum Gasteiger partial charge on any atom is -0.374 e. The lowest BCUT2D eigenvalue weighted by Gasteiger charge is -2.50. The first kappa shape index (κ1) is 60.9. The molecule has 0 unspecified atom stereocenters. The summed E-state index contributed by atoms with van der Waals surface area (Å²) in [5, 5.41) is 0. The highest BCUT2D eigenvalue weighted by molar-refractivity contribution is 5.20. The van der Waals surface area contributed by atoms with Gasteiger partial charge in [-0.15, -0.1) is 0 Å². The van der Waals surface area contributed by atoms with Gasteiger partial charge >= 0.3 is 0 Å². The molecular formula is C73H78O13. The average molecular weight is 1160 g/mol. The molecule has 3 saturated heterocycles. The van der Waals surface area contributed by atoms with E-state index in [1.165, 1.54) is 0 Å². The normalized spacial score (nSPS) is 26.5. The predicted molar refractivity (Wildman–Crippen MR) is 325 cm³/mol. The van der Waals surface area contributed by atoms with Crippen LogP contribution in [0.25, 0.3) is 0 Å². The molecule has 13 nitrogen and oxygen atoms in total. The molecule has 3 aliphatic rings. The summed E-state index contributed by atoms with van der Waals surface area (Å²) in [5.74, 6) is 0. The van der Waals surface area contributed by atoms with E-state index in [4.69, 9.17) is 61.6 Å². The van der Waals surface area contributed by atoms with Crippen molar-refractivity contribution in [3.8, 4) is 0 Å². The molecule has 448 valence electrons. The third-order valence-electron chi connectivity index (χ3n) is 15.7. The van der Waals surface area contributed by atoms with E-state index in [2.05, 4.69) is 0 Å². The Kier molecular flexibility index (Phi) is 22.5. The number of rotatable bonds is 29. The Morgan fingerprint density at radius 3 is 0.826 bits per heavy atom. The largest absolute Gasteiger partial charge is 0.374 e. The molecule has 13 heteroatoms. The highest BCUT2D eigenvalue weighted by atomic mass is 16.8. The van der Waals surface area contributed by atoms with Gasteiger partial charge in [-0.05, 0) is 58.4 Å². The first-order valence-electron chi connectivity index (χ1n) is 29.9. The fourth-order valence-electron chi connectivity index (χ4n) is 11.2. The van der Waals surface area contributed by atoms with E-state index in [0.29, 0.717) is 13.2 Å². The second-order valence-corrected chi connectivity index (χ2v) is 22.0. The van der Waals surface area contributed by atoms with Crippen LogP contribution >= 0.6 is 0 Å². The van der Waals surface area contributed by atoms with Gasteiger partial charge in [0.05, 0.1) is 71.7 Å². The van der Waals surface area contributed by atoms with Crippen molar-refractivity contribution in [1.29, 1.82) is 0 Å². The molecule has 0 N–H and O–H groups in total. The highest BCUT2D eigenvalue weighted by Gasteiger charge is 2.56. The first-order chi connectivity index (χ1) is 42.5. The summed E-state index contributed by atoms with van der Waals surface area (Å²) in [4.78, 5) is 0. The van der Waals surface area contributed by atoms with Crippen molar-refractivity contribution in [3.05, 3.63) is 287 Å². The fourth-order valence-corrected chi connectivity index (χ4v) is 11.2. The van der Waals surface area contributed by atoms with E-state index in [9.17, 15) is 0 Å². The van der Waals surface area contributed by atoms with Crippen LogP contribution in [-0.2, 0) is 114 Å². The minimum atomic E-state index is -1.13. The Bertz CT molecular complexity index is 3140. The SMILES string of the molecule is C[C@@H]1O[C@@H](OCc2ccccc2)[C@H](OCc2ccccc2)[C@H](O[C@@H]2O[C@@H](C)[C@H](OCc3ccccc3)[C@@H](O[C@@H]3O[C@H](COCc4ccccc4)[C@@H](OCc4ccccc4)[C@H]3OCc3ccccc3)[C@H]2OCc2ccccc2)[C@H]1OCc1ccccc1. The lowest BCUT2D eigenvalue weighted by Crippen LogP contribution is -2.65. The van der Waals surface area contributed by atoms with E-state index in [0.717, 1.165) is 44.5 Å². The third-order valence-corrected chi connectivity index (χ3v) is 15.7. The van der Waals surface area contributed by atoms with Gasteiger partial charge < -0.3 is 61.6 Å². The Morgan fingerprint density at radius 1 is 0.244 bits per heavy atom. The van der Waals surface area contributed by atoms with E-state index in [-0.39, 0.29) is 46.2 Å². The van der Waals surface area contributed by atoms with Crippen molar-refractivity contribution in [2.75, 3.05) is 6.61 Å².